The SMILES string of the molecule is COc1ccc(CCN2C(=O)c3oc4c(C)cc(C)cc4c(=O)c3[C@H]2c2cccc(Cl)c2)cc1. The number of ether oxygens (including phenoxy) is 1. The molecule has 1 aliphatic heterocycles. The van der Waals surface area contributed by atoms with Crippen molar-refractivity contribution >= 4 is 28.5 Å². The number of hydrogen-bond donors (Lipinski definition) is 0. The molecule has 0 radical (unpaired) electrons. The fourth-order valence-electron chi connectivity index (χ4n) is 4.77. The van der Waals surface area contributed by atoms with Gasteiger partial charge in [0.1, 0.15) is 11.3 Å². The quantitative estimate of drug-likeness (QED) is 0.364. The number of amides is 1. The van der Waals surface area contributed by atoms with Gasteiger partial charge in [0.15, 0.2) is 5.43 Å². The highest BCUT2D eigenvalue weighted by molar-refractivity contribution is 6.30. The second-order valence-corrected chi connectivity index (χ2v) is 9.12. The minimum atomic E-state index is -0.569. The van der Waals surface area contributed by atoms with Gasteiger partial charge in [-0.3, -0.25) is 9.59 Å². The maximum atomic E-state index is 13.7. The zero-order valence-electron chi connectivity index (χ0n) is 19.2. The van der Waals surface area contributed by atoms with E-state index in [9.17, 15) is 9.59 Å². The van der Waals surface area contributed by atoms with Gasteiger partial charge in [-0.05, 0) is 72.9 Å². The second kappa shape index (κ2) is 8.65. The number of hydrogen-bond acceptors (Lipinski definition) is 4. The Morgan fingerprint density at radius 3 is 2.50 bits per heavy atom. The summed E-state index contributed by atoms with van der Waals surface area (Å²) in [6, 6.07) is 18.3. The number of fused-ring (bicyclic) bond motifs is 2. The number of aryl methyl sites for hydroxylation is 2. The third kappa shape index (κ3) is 3.76. The standard InChI is InChI=1S/C28H24ClNO4/c1-16-13-17(2)26-22(14-16)25(31)23-24(19-5-4-6-20(29)15-19)30(28(32)27(23)34-26)12-11-18-7-9-21(33-3)10-8-18/h4-10,13-15,24H,11-12H2,1-3H3/t24-/m1/s1. The van der Waals surface area contributed by atoms with Crippen LogP contribution in [0.25, 0.3) is 11.0 Å². The Kier molecular flexibility index (Phi) is 5.66. The van der Waals surface area contributed by atoms with Gasteiger partial charge in [-0.15, -0.1) is 0 Å². The van der Waals surface area contributed by atoms with Gasteiger partial charge in [-0.2, -0.15) is 0 Å². The van der Waals surface area contributed by atoms with Crippen LogP contribution in [0.3, 0.4) is 0 Å². The predicted octanol–water partition coefficient (Wildman–Crippen LogP) is 5.86. The fraction of sp³-hybridized carbons (Fsp3) is 0.214. The van der Waals surface area contributed by atoms with Gasteiger partial charge in [-0.1, -0.05) is 41.9 Å². The Balaban J connectivity index is 1.63. The van der Waals surface area contributed by atoms with Gasteiger partial charge in [0.2, 0.25) is 5.76 Å². The third-order valence-corrected chi connectivity index (χ3v) is 6.60. The van der Waals surface area contributed by atoms with Gasteiger partial charge in [0, 0.05) is 11.6 Å². The van der Waals surface area contributed by atoms with Crippen LogP contribution in [0.4, 0.5) is 0 Å². The van der Waals surface area contributed by atoms with Crippen molar-refractivity contribution in [2.45, 2.75) is 26.3 Å². The number of carbonyl (C=O) groups is 1. The molecule has 5 nitrogen and oxygen atoms in total. The summed E-state index contributed by atoms with van der Waals surface area (Å²) in [5, 5.41) is 1.04. The number of carbonyl (C=O) groups excluding carboxylic acids is 1. The zero-order chi connectivity index (χ0) is 24.0. The Hall–Kier alpha value is -3.57. The van der Waals surface area contributed by atoms with Gasteiger partial charge in [0.05, 0.1) is 24.1 Å². The molecular formula is C28H24ClNO4. The number of nitrogens with zero attached hydrogens (tertiary/aromatic N) is 1. The van der Waals surface area contributed by atoms with E-state index in [4.69, 9.17) is 20.8 Å². The first-order valence-electron chi connectivity index (χ1n) is 11.1. The summed E-state index contributed by atoms with van der Waals surface area (Å²) in [5.41, 5.74) is 4.31. The third-order valence-electron chi connectivity index (χ3n) is 6.36. The van der Waals surface area contributed by atoms with Crippen molar-refractivity contribution in [1.29, 1.82) is 0 Å². The lowest BCUT2D eigenvalue weighted by molar-refractivity contribution is 0.0730. The maximum Gasteiger partial charge on any atom is 0.290 e. The van der Waals surface area contributed by atoms with Crippen molar-refractivity contribution in [1.82, 2.24) is 4.90 Å². The first kappa shape index (κ1) is 22.2. The van der Waals surface area contributed by atoms with Gasteiger partial charge in [0.25, 0.3) is 5.91 Å². The highest BCUT2D eigenvalue weighted by atomic mass is 35.5. The molecule has 1 aromatic heterocycles. The summed E-state index contributed by atoms with van der Waals surface area (Å²) < 4.78 is 11.4. The summed E-state index contributed by atoms with van der Waals surface area (Å²) in [6.45, 7) is 4.25. The van der Waals surface area contributed by atoms with Crippen molar-refractivity contribution < 1.29 is 13.9 Å². The first-order valence-corrected chi connectivity index (χ1v) is 11.5. The van der Waals surface area contributed by atoms with E-state index >= 15 is 0 Å². The molecule has 0 bridgehead atoms. The average molecular weight is 474 g/mol. The summed E-state index contributed by atoms with van der Waals surface area (Å²) in [5.74, 6) is 0.606. The normalized spacial score (nSPS) is 15.1. The van der Waals surface area contributed by atoms with Crippen LogP contribution in [0.15, 0.2) is 69.9 Å². The van der Waals surface area contributed by atoms with E-state index in [0.717, 1.165) is 28.0 Å². The van der Waals surface area contributed by atoms with E-state index in [0.29, 0.717) is 34.5 Å². The van der Waals surface area contributed by atoms with Crippen LogP contribution < -0.4 is 10.2 Å². The summed E-state index contributed by atoms with van der Waals surface area (Å²) >= 11 is 6.30. The van der Waals surface area contributed by atoms with E-state index in [1.807, 2.05) is 62.4 Å². The molecule has 5 rings (SSSR count). The van der Waals surface area contributed by atoms with Gasteiger partial charge < -0.3 is 14.1 Å². The van der Waals surface area contributed by atoms with Crippen molar-refractivity contribution in [2.75, 3.05) is 13.7 Å². The van der Waals surface area contributed by atoms with Crippen molar-refractivity contribution in [2.24, 2.45) is 0 Å². The molecule has 34 heavy (non-hydrogen) atoms. The van der Waals surface area contributed by atoms with Crippen LogP contribution in [0.5, 0.6) is 5.75 Å². The molecule has 6 heteroatoms. The van der Waals surface area contributed by atoms with E-state index in [-0.39, 0.29) is 17.1 Å². The molecule has 4 aromatic rings. The molecule has 0 unspecified atom stereocenters. The summed E-state index contributed by atoms with van der Waals surface area (Å²) in [6.07, 6.45) is 0.618. The minimum Gasteiger partial charge on any atom is -0.497 e. The van der Waals surface area contributed by atoms with Gasteiger partial charge >= 0.3 is 0 Å². The van der Waals surface area contributed by atoms with Gasteiger partial charge in [-0.25, -0.2) is 0 Å². The second-order valence-electron chi connectivity index (χ2n) is 8.69. The van der Waals surface area contributed by atoms with Crippen molar-refractivity contribution in [3.8, 4) is 5.75 Å². The van der Waals surface area contributed by atoms with E-state index in [2.05, 4.69) is 0 Å². The Labute approximate surface area is 202 Å². The molecule has 0 spiro atoms. The van der Waals surface area contributed by atoms with E-state index in [1.54, 1.807) is 24.1 Å². The van der Waals surface area contributed by atoms with Crippen LogP contribution in [0.2, 0.25) is 5.02 Å². The Morgan fingerprint density at radius 2 is 1.79 bits per heavy atom. The minimum absolute atomic E-state index is 0.115. The highest BCUT2D eigenvalue weighted by Crippen LogP contribution is 2.39. The first-order chi connectivity index (χ1) is 16.4. The largest absolute Gasteiger partial charge is 0.497 e. The molecule has 1 amide bonds. The number of halogens is 1. The van der Waals surface area contributed by atoms with Crippen LogP contribution in [-0.2, 0) is 6.42 Å². The molecule has 2 heterocycles. The summed E-state index contributed by atoms with van der Waals surface area (Å²) in [7, 11) is 1.63. The molecule has 3 aromatic carbocycles. The monoisotopic (exact) mass is 473 g/mol. The van der Waals surface area contributed by atoms with Crippen molar-refractivity contribution in [3.05, 3.63) is 109 Å². The number of methoxy groups -OCH3 is 1. The lowest BCUT2D eigenvalue weighted by atomic mass is 9.97. The molecule has 0 aliphatic carbocycles. The summed E-state index contributed by atoms with van der Waals surface area (Å²) in [4.78, 5) is 29.1. The van der Waals surface area contributed by atoms with Crippen molar-refractivity contribution in [3.63, 3.8) is 0 Å². The molecule has 0 fully saturated rings. The number of rotatable bonds is 5. The average Bonchev–Trinajstić information content (AvgIpc) is 3.10. The molecule has 1 aliphatic rings. The molecule has 172 valence electrons. The fourth-order valence-corrected chi connectivity index (χ4v) is 4.97. The van der Waals surface area contributed by atoms with Crippen LogP contribution in [0, 0.1) is 13.8 Å². The highest BCUT2D eigenvalue weighted by Gasteiger charge is 2.42. The van der Waals surface area contributed by atoms with E-state index < -0.39 is 6.04 Å². The molecule has 0 saturated carbocycles. The van der Waals surface area contributed by atoms with Crippen LogP contribution in [-0.4, -0.2) is 24.5 Å². The maximum absolute atomic E-state index is 13.7. The Morgan fingerprint density at radius 1 is 1.03 bits per heavy atom. The number of benzene rings is 3. The van der Waals surface area contributed by atoms with Crippen LogP contribution in [0.1, 0.15) is 44.4 Å². The topological polar surface area (TPSA) is 59.8 Å². The molecule has 0 N–H and O–H groups in total. The lowest BCUT2D eigenvalue weighted by Crippen LogP contribution is -2.31. The smallest absolute Gasteiger partial charge is 0.290 e. The Bertz CT molecular complexity index is 1470. The molecular weight excluding hydrogens is 450 g/mol. The lowest BCUT2D eigenvalue weighted by Gasteiger charge is -2.25. The predicted molar refractivity (Wildman–Crippen MR) is 133 cm³/mol. The molecule has 1 atom stereocenters. The zero-order valence-corrected chi connectivity index (χ0v) is 20.0. The van der Waals surface area contributed by atoms with E-state index in [1.165, 1.54) is 0 Å². The molecule has 0 saturated heterocycles. The van der Waals surface area contributed by atoms with Crippen LogP contribution >= 0.6 is 11.6 Å².